The Hall–Kier alpha value is -1.06. The molecule has 0 aromatic heterocycles. The third-order valence-corrected chi connectivity index (χ3v) is 1.53. The zero-order valence-corrected chi connectivity index (χ0v) is 8.05. The van der Waals surface area contributed by atoms with Crippen molar-refractivity contribution in [2.45, 2.75) is 13.8 Å². The van der Waals surface area contributed by atoms with E-state index in [9.17, 15) is 9.59 Å². The molecular formula is C8H16N2O2. The molecule has 70 valence electrons. The zero-order chi connectivity index (χ0) is 9.72. The maximum absolute atomic E-state index is 11.2. The molecule has 4 nitrogen and oxygen atoms in total. The number of nitrogens with one attached hydrogen (secondary N) is 1. The van der Waals surface area contributed by atoms with Crippen LogP contribution in [0, 0.1) is 5.92 Å². The molecule has 0 rings (SSSR count). The van der Waals surface area contributed by atoms with Crippen molar-refractivity contribution in [1.82, 2.24) is 10.2 Å². The quantitative estimate of drug-likeness (QED) is 0.643. The van der Waals surface area contributed by atoms with Gasteiger partial charge in [-0.05, 0) is 0 Å². The molecule has 4 heteroatoms. The van der Waals surface area contributed by atoms with E-state index in [4.69, 9.17) is 0 Å². The van der Waals surface area contributed by atoms with Crippen molar-refractivity contribution >= 4 is 11.8 Å². The predicted molar refractivity (Wildman–Crippen MR) is 46.5 cm³/mol. The van der Waals surface area contributed by atoms with Gasteiger partial charge in [-0.1, -0.05) is 13.8 Å². The molecule has 0 aliphatic carbocycles. The van der Waals surface area contributed by atoms with E-state index in [-0.39, 0.29) is 24.3 Å². The van der Waals surface area contributed by atoms with Gasteiger partial charge in [0.15, 0.2) is 0 Å². The van der Waals surface area contributed by atoms with Crippen molar-refractivity contribution in [2.24, 2.45) is 5.92 Å². The fraction of sp³-hybridized carbons (Fsp3) is 0.750. The van der Waals surface area contributed by atoms with Gasteiger partial charge in [-0.15, -0.1) is 0 Å². The highest BCUT2D eigenvalue weighted by atomic mass is 16.2. The Morgan fingerprint density at radius 1 is 1.42 bits per heavy atom. The van der Waals surface area contributed by atoms with Crippen LogP contribution < -0.4 is 5.32 Å². The van der Waals surface area contributed by atoms with Crippen LogP contribution in [0.15, 0.2) is 0 Å². The Kier molecular flexibility index (Phi) is 4.33. The average Bonchev–Trinajstić information content (AvgIpc) is 2.02. The third-order valence-electron chi connectivity index (χ3n) is 1.53. The Labute approximate surface area is 72.9 Å². The summed E-state index contributed by atoms with van der Waals surface area (Å²) in [7, 11) is 3.17. The summed E-state index contributed by atoms with van der Waals surface area (Å²) in [6, 6.07) is 0. The highest BCUT2D eigenvalue weighted by Gasteiger charge is 2.14. The summed E-state index contributed by atoms with van der Waals surface area (Å²) in [4.78, 5) is 23.5. The number of carbonyl (C=O) groups is 2. The van der Waals surface area contributed by atoms with Gasteiger partial charge in [0.2, 0.25) is 11.8 Å². The van der Waals surface area contributed by atoms with Gasteiger partial charge in [0.25, 0.3) is 0 Å². The summed E-state index contributed by atoms with van der Waals surface area (Å²) < 4.78 is 0. The Morgan fingerprint density at radius 3 is 2.25 bits per heavy atom. The van der Waals surface area contributed by atoms with Crippen molar-refractivity contribution in [2.75, 3.05) is 20.6 Å². The molecular weight excluding hydrogens is 156 g/mol. The molecule has 0 saturated heterocycles. The van der Waals surface area contributed by atoms with Gasteiger partial charge in [-0.25, -0.2) is 0 Å². The molecule has 12 heavy (non-hydrogen) atoms. The smallest absolute Gasteiger partial charge is 0.239 e. The van der Waals surface area contributed by atoms with Crippen LogP contribution in [-0.4, -0.2) is 37.4 Å². The molecule has 2 amide bonds. The summed E-state index contributed by atoms with van der Waals surface area (Å²) >= 11 is 0. The number of rotatable bonds is 3. The van der Waals surface area contributed by atoms with E-state index in [0.717, 1.165) is 0 Å². The number of likely N-dealkylation sites (N-methyl/N-ethyl adjacent to an activating group) is 2. The maximum Gasteiger partial charge on any atom is 0.239 e. The van der Waals surface area contributed by atoms with Crippen LogP contribution >= 0.6 is 0 Å². The Balaban J connectivity index is 3.95. The molecule has 0 aromatic carbocycles. The first kappa shape index (κ1) is 10.9. The van der Waals surface area contributed by atoms with Gasteiger partial charge in [0, 0.05) is 20.0 Å². The van der Waals surface area contributed by atoms with E-state index >= 15 is 0 Å². The van der Waals surface area contributed by atoms with Gasteiger partial charge in [0.1, 0.15) is 0 Å². The second-order valence-electron chi connectivity index (χ2n) is 3.02. The molecule has 0 radical (unpaired) electrons. The summed E-state index contributed by atoms with van der Waals surface area (Å²) in [5.74, 6) is -0.218. The molecule has 0 spiro atoms. The lowest BCUT2D eigenvalue weighted by atomic mass is 10.2. The Morgan fingerprint density at radius 2 is 1.92 bits per heavy atom. The van der Waals surface area contributed by atoms with Crippen LogP contribution in [0.25, 0.3) is 0 Å². The molecule has 0 atom stereocenters. The van der Waals surface area contributed by atoms with Crippen molar-refractivity contribution in [1.29, 1.82) is 0 Å². The minimum Gasteiger partial charge on any atom is -0.358 e. The number of hydrogen-bond acceptors (Lipinski definition) is 2. The van der Waals surface area contributed by atoms with E-state index < -0.39 is 0 Å². The number of amides is 2. The lowest BCUT2D eigenvalue weighted by Gasteiger charge is -2.17. The highest BCUT2D eigenvalue weighted by molar-refractivity contribution is 5.85. The zero-order valence-electron chi connectivity index (χ0n) is 8.05. The normalized spacial score (nSPS) is 9.75. The predicted octanol–water partition coefficient (Wildman–Crippen LogP) is -0.153. The van der Waals surface area contributed by atoms with E-state index in [0.29, 0.717) is 0 Å². The van der Waals surface area contributed by atoms with Crippen LogP contribution in [0.4, 0.5) is 0 Å². The van der Waals surface area contributed by atoms with E-state index in [1.807, 2.05) is 13.8 Å². The number of hydrogen-bond donors (Lipinski definition) is 1. The van der Waals surface area contributed by atoms with Crippen LogP contribution in [-0.2, 0) is 9.59 Å². The van der Waals surface area contributed by atoms with Crippen LogP contribution in [0.2, 0.25) is 0 Å². The van der Waals surface area contributed by atoms with Crippen molar-refractivity contribution in [3.8, 4) is 0 Å². The van der Waals surface area contributed by atoms with Gasteiger partial charge >= 0.3 is 0 Å². The van der Waals surface area contributed by atoms with Gasteiger partial charge in [-0.3, -0.25) is 9.59 Å². The van der Waals surface area contributed by atoms with Crippen LogP contribution in [0.3, 0.4) is 0 Å². The summed E-state index contributed by atoms with van der Waals surface area (Å²) in [5.41, 5.74) is 0. The molecule has 0 fully saturated rings. The van der Waals surface area contributed by atoms with Gasteiger partial charge in [-0.2, -0.15) is 0 Å². The fourth-order valence-corrected chi connectivity index (χ4v) is 0.813. The fourth-order valence-electron chi connectivity index (χ4n) is 0.813. The minimum atomic E-state index is -0.147. The van der Waals surface area contributed by atoms with E-state index in [2.05, 4.69) is 5.32 Å². The molecule has 0 aliphatic rings. The lowest BCUT2D eigenvalue weighted by molar-refractivity contribution is -0.137. The Bertz CT molecular complexity index is 178. The topological polar surface area (TPSA) is 49.4 Å². The lowest BCUT2D eigenvalue weighted by Crippen LogP contribution is -2.38. The monoisotopic (exact) mass is 172 g/mol. The largest absolute Gasteiger partial charge is 0.358 e. The maximum atomic E-state index is 11.2. The van der Waals surface area contributed by atoms with Crippen LogP contribution in [0.1, 0.15) is 13.8 Å². The molecule has 0 heterocycles. The minimum absolute atomic E-state index is 0.0152. The van der Waals surface area contributed by atoms with E-state index in [1.165, 1.54) is 4.90 Å². The highest BCUT2D eigenvalue weighted by Crippen LogP contribution is 1.97. The number of nitrogens with zero attached hydrogens (tertiary/aromatic N) is 1. The standard InChI is InChI=1S/C8H16N2O2/c1-6(2)8(12)10(4)5-7(11)9-3/h6H,5H2,1-4H3,(H,9,11). The van der Waals surface area contributed by atoms with Crippen molar-refractivity contribution in [3.05, 3.63) is 0 Å². The van der Waals surface area contributed by atoms with Crippen molar-refractivity contribution < 1.29 is 9.59 Å². The average molecular weight is 172 g/mol. The molecule has 0 bridgehead atoms. The SMILES string of the molecule is CNC(=O)CN(C)C(=O)C(C)C. The first-order valence-electron chi connectivity index (χ1n) is 3.94. The molecule has 1 N–H and O–H groups in total. The van der Waals surface area contributed by atoms with E-state index in [1.54, 1.807) is 14.1 Å². The first-order chi connectivity index (χ1) is 5.49. The summed E-state index contributed by atoms with van der Waals surface area (Å²) in [6.45, 7) is 3.75. The second kappa shape index (κ2) is 4.74. The molecule has 0 unspecified atom stereocenters. The second-order valence-corrected chi connectivity index (χ2v) is 3.02. The molecule has 0 aliphatic heterocycles. The molecule has 0 aromatic rings. The summed E-state index contributed by atoms with van der Waals surface area (Å²) in [5, 5.41) is 2.46. The number of carbonyl (C=O) groups excluding carboxylic acids is 2. The van der Waals surface area contributed by atoms with Crippen molar-refractivity contribution in [3.63, 3.8) is 0 Å². The van der Waals surface area contributed by atoms with Gasteiger partial charge in [0.05, 0.1) is 6.54 Å². The van der Waals surface area contributed by atoms with Crippen LogP contribution in [0.5, 0.6) is 0 Å². The van der Waals surface area contributed by atoms with Gasteiger partial charge < -0.3 is 10.2 Å². The first-order valence-corrected chi connectivity index (χ1v) is 3.94. The molecule has 0 saturated carbocycles. The summed E-state index contributed by atoms with van der Waals surface area (Å²) in [6.07, 6.45) is 0. The third kappa shape index (κ3) is 3.37.